The molecule has 0 saturated carbocycles. The zero-order valence-corrected chi connectivity index (χ0v) is 8.83. The Bertz CT molecular complexity index is 235. The average molecular weight is 219 g/mol. The Morgan fingerprint density at radius 2 is 2.07 bits per heavy atom. The van der Waals surface area contributed by atoms with E-state index in [9.17, 15) is 15.0 Å². The molecule has 6 heteroatoms. The van der Waals surface area contributed by atoms with Crippen molar-refractivity contribution in [1.29, 1.82) is 0 Å². The number of aliphatic hydroxyl groups excluding tert-OH is 3. The van der Waals surface area contributed by atoms with Gasteiger partial charge in [0, 0.05) is 14.0 Å². The Kier molecular flexibility index (Phi) is 4.04. The highest BCUT2D eigenvalue weighted by Gasteiger charge is 2.40. The molecule has 4 atom stereocenters. The lowest BCUT2D eigenvalue weighted by Gasteiger charge is -2.40. The first-order valence-corrected chi connectivity index (χ1v) is 4.81. The quantitative estimate of drug-likeness (QED) is 0.497. The zero-order chi connectivity index (χ0) is 11.6. The summed E-state index contributed by atoms with van der Waals surface area (Å²) in [5.41, 5.74) is 0. The van der Waals surface area contributed by atoms with Gasteiger partial charge >= 0.3 is 0 Å². The van der Waals surface area contributed by atoms with Gasteiger partial charge in [-0.05, 0) is 0 Å². The fraction of sp³-hybridized carbons (Fsp3) is 0.889. The van der Waals surface area contributed by atoms with Gasteiger partial charge in [-0.3, -0.25) is 4.79 Å². The topological polar surface area (TPSA) is 90.2 Å². The third-order valence-electron chi connectivity index (χ3n) is 2.78. The van der Waals surface area contributed by atoms with Crippen molar-refractivity contribution in [3.05, 3.63) is 0 Å². The number of amides is 1. The molecule has 1 fully saturated rings. The second kappa shape index (κ2) is 4.89. The van der Waals surface area contributed by atoms with Crippen molar-refractivity contribution in [2.24, 2.45) is 0 Å². The Balaban J connectivity index is 2.67. The highest BCUT2D eigenvalue weighted by atomic mass is 16.5. The van der Waals surface area contributed by atoms with Crippen LogP contribution in [0.3, 0.4) is 0 Å². The van der Waals surface area contributed by atoms with Crippen LogP contribution in [0.4, 0.5) is 0 Å². The number of hydrogen-bond acceptors (Lipinski definition) is 5. The van der Waals surface area contributed by atoms with Crippen molar-refractivity contribution >= 4 is 5.91 Å². The van der Waals surface area contributed by atoms with E-state index >= 15 is 0 Å². The summed E-state index contributed by atoms with van der Waals surface area (Å²) in [4.78, 5) is 12.4. The predicted molar refractivity (Wildman–Crippen MR) is 51.1 cm³/mol. The number of rotatable bonds is 2. The zero-order valence-electron chi connectivity index (χ0n) is 8.83. The van der Waals surface area contributed by atoms with Crippen LogP contribution in [-0.2, 0) is 9.53 Å². The molecule has 3 N–H and O–H groups in total. The van der Waals surface area contributed by atoms with Crippen molar-refractivity contribution in [2.45, 2.75) is 31.3 Å². The highest BCUT2D eigenvalue weighted by Crippen LogP contribution is 2.18. The Labute approximate surface area is 88.1 Å². The van der Waals surface area contributed by atoms with Gasteiger partial charge in [-0.25, -0.2) is 0 Å². The molecule has 15 heavy (non-hydrogen) atoms. The molecule has 0 aromatic rings. The minimum absolute atomic E-state index is 0.111. The first kappa shape index (κ1) is 12.4. The monoisotopic (exact) mass is 219 g/mol. The maximum absolute atomic E-state index is 11.1. The molecule has 0 unspecified atom stereocenters. The molecule has 0 aromatic heterocycles. The lowest BCUT2D eigenvalue weighted by atomic mass is 9.97. The van der Waals surface area contributed by atoms with E-state index in [1.807, 2.05) is 0 Å². The van der Waals surface area contributed by atoms with Gasteiger partial charge in [0.2, 0.25) is 5.91 Å². The van der Waals surface area contributed by atoms with Crippen LogP contribution in [0.15, 0.2) is 0 Å². The second-order valence-corrected chi connectivity index (χ2v) is 3.73. The molecule has 1 saturated heterocycles. The summed E-state index contributed by atoms with van der Waals surface area (Å²) in [6.07, 6.45) is -3.04. The van der Waals surface area contributed by atoms with Gasteiger partial charge in [-0.15, -0.1) is 0 Å². The molecule has 0 radical (unpaired) electrons. The Hall–Kier alpha value is -0.690. The number of carbonyl (C=O) groups is 1. The summed E-state index contributed by atoms with van der Waals surface area (Å²) in [6, 6.07) is -0.569. The number of carbonyl (C=O) groups excluding carboxylic acids is 1. The first-order valence-electron chi connectivity index (χ1n) is 4.81. The SMILES string of the molecule is CC(=O)N(C)[C@H]1CO[C@H](CO)[C@H](O)[C@@H]1O. The molecular weight excluding hydrogens is 202 g/mol. The van der Waals surface area contributed by atoms with Crippen molar-refractivity contribution < 1.29 is 24.9 Å². The van der Waals surface area contributed by atoms with Crippen LogP contribution in [-0.4, -0.2) is 70.7 Å². The van der Waals surface area contributed by atoms with E-state index in [0.29, 0.717) is 0 Å². The van der Waals surface area contributed by atoms with Crippen molar-refractivity contribution in [3.63, 3.8) is 0 Å². The van der Waals surface area contributed by atoms with E-state index in [4.69, 9.17) is 9.84 Å². The van der Waals surface area contributed by atoms with Gasteiger partial charge in [0.15, 0.2) is 0 Å². The normalized spacial score (nSPS) is 36.3. The third kappa shape index (κ3) is 2.46. The maximum atomic E-state index is 11.1. The van der Waals surface area contributed by atoms with Crippen LogP contribution < -0.4 is 0 Å². The standard InChI is InChI=1S/C9H17NO5/c1-5(12)10(2)6-4-15-7(3-11)9(14)8(6)13/h6-9,11,13-14H,3-4H2,1-2H3/t6-,7+,8+,9-/m0/s1. The molecule has 1 aliphatic heterocycles. The smallest absolute Gasteiger partial charge is 0.219 e. The van der Waals surface area contributed by atoms with Crippen LogP contribution in [0.1, 0.15) is 6.92 Å². The fourth-order valence-electron chi connectivity index (χ4n) is 1.60. The summed E-state index contributed by atoms with van der Waals surface area (Å²) in [5.74, 6) is -0.211. The molecule has 0 bridgehead atoms. The summed E-state index contributed by atoms with van der Waals surface area (Å²) >= 11 is 0. The summed E-state index contributed by atoms with van der Waals surface area (Å²) in [6.45, 7) is 1.13. The minimum atomic E-state index is -1.17. The molecule has 0 spiro atoms. The van der Waals surface area contributed by atoms with Crippen molar-refractivity contribution in [1.82, 2.24) is 4.90 Å². The molecule has 1 rings (SSSR count). The molecule has 0 aliphatic carbocycles. The number of likely N-dealkylation sites (N-methyl/N-ethyl adjacent to an activating group) is 1. The molecule has 1 amide bonds. The molecule has 6 nitrogen and oxygen atoms in total. The number of aliphatic hydroxyl groups is 3. The van der Waals surface area contributed by atoms with Gasteiger partial charge in [0.1, 0.15) is 18.3 Å². The van der Waals surface area contributed by atoms with Crippen LogP contribution in [0.25, 0.3) is 0 Å². The fourth-order valence-corrected chi connectivity index (χ4v) is 1.60. The van der Waals surface area contributed by atoms with Crippen molar-refractivity contribution in [3.8, 4) is 0 Å². The first-order chi connectivity index (χ1) is 6.99. The Morgan fingerprint density at radius 3 is 2.53 bits per heavy atom. The number of nitrogens with zero attached hydrogens (tertiary/aromatic N) is 1. The molecular formula is C9H17NO5. The summed E-state index contributed by atoms with van der Waals surface area (Å²) in [5, 5.41) is 28.1. The molecule has 0 aromatic carbocycles. The van der Waals surface area contributed by atoms with E-state index in [0.717, 1.165) is 0 Å². The third-order valence-corrected chi connectivity index (χ3v) is 2.78. The van der Waals surface area contributed by atoms with Crippen LogP contribution in [0.2, 0.25) is 0 Å². The van der Waals surface area contributed by atoms with Gasteiger partial charge < -0.3 is 25.0 Å². The molecule has 1 aliphatic rings. The summed E-state index contributed by atoms with van der Waals surface area (Å²) < 4.78 is 5.14. The average Bonchev–Trinajstić information content (AvgIpc) is 2.21. The van der Waals surface area contributed by atoms with Crippen LogP contribution in [0, 0.1) is 0 Å². The minimum Gasteiger partial charge on any atom is -0.394 e. The number of ether oxygens (including phenoxy) is 1. The van der Waals surface area contributed by atoms with Gasteiger partial charge in [0.25, 0.3) is 0 Å². The molecule has 1 heterocycles. The maximum Gasteiger partial charge on any atom is 0.219 e. The van der Waals surface area contributed by atoms with E-state index in [2.05, 4.69) is 0 Å². The van der Waals surface area contributed by atoms with Crippen LogP contribution in [0.5, 0.6) is 0 Å². The van der Waals surface area contributed by atoms with Gasteiger partial charge in [-0.2, -0.15) is 0 Å². The lowest BCUT2D eigenvalue weighted by molar-refractivity contribution is -0.182. The van der Waals surface area contributed by atoms with E-state index in [1.165, 1.54) is 18.9 Å². The second-order valence-electron chi connectivity index (χ2n) is 3.73. The van der Waals surface area contributed by atoms with E-state index in [-0.39, 0.29) is 19.1 Å². The highest BCUT2D eigenvalue weighted by molar-refractivity contribution is 5.73. The Morgan fingerprint density at radius 1 is 1.47 bits per heavy atom. The molecule has 88 valence electrons. The summed E-state index contributed by atoms with van der Waals surface area (Å²) in [7, 11) is 1.53. The van der Waals surface area contributed by atoms with E-state index < -0.39 is 24.4 Å². The number of hydrogen-bond donors (Lipinski definition) is 3. The van der Waals surface area contributed by atoms with Gasteiger partial charge in [-0.1, -0.05) is 0 Å². The predicted octanol–water partition coefficient (Wildman–Crippen LogP) is -2.05. The van der Waals surface area contributed by atoms with Gasteiger partial charge in [0.05, 0.1) is 19.3 Å². The van der Waals surface area contributed by atoms with E-state index in [1.54, 1.807) is 0 Å². The van der Waals surface area contributed by atoms with Crippen molar-refractivity contribution in [2.75, 3.05) is 20.3 Å². The van der Waals surface area contributed by atoms with Crippen LogP contribution >= 0.6 is 0 Å². The lowest BCUT2D eigenvalue weighted by Crippen LogP contribution is -2.60. The largest absolute Gasteiger partial charge is 0.394 e.